The first-order valence-corrected chi connectivity index (χ1v) is 15.3. The van der Waals surface area contributed by atoms with Crippen LogP contribution in [0.1, 0.15) is 22.3 Å². The molecule has 0 atom stereocenters. The van der Waals surface area contributed by atoms with Crippen LogP contribution in [-0.2, 0) is 5.41 Å². The zero-order valence-electron chi connectivity index (χ0n) is 22.0. The summed E-state index contributed by atoms with van der Waals surface area (Å²) in [6.45, 7) is 0. The lowest BCUT2D eigenvalue weighted by Gasteiger charge is -2.42. The molecule has 1 aromatic carbocycles. The van der Waals surface area contributed by atoms with E-state index in [9.17, 15) is 0 Å². The molecule has 0 bridgehead atoms. The summed E-state index contributed by atoms with van der Waals surface area (Å²) >= 11 is 3.60. The molecule has 0 radical (unpaired) electrons. The van der Waals surface area contributed by atoms with Crippen LogP contribution in [0.15, 0.2) is 120 Å². The van der Waals surface area contributed by atoms with Crippen molar-refractivity contribution in [2.45, 2.75) is 5.41 Å². The summed E-state index contributed by atoms with van der Waals surface area (Å²) in [5.41, 5.74) is 6.80. The molecule has 1 aliphatic heterocycles. The Morgan fingerprint density at radius 3 is 1.83 bits per heavy atom. The van der Waals surface area contributed by atoms with Crippen LogP contribution in [-0.4, -0.2) is 24.9 Å². The first kappa shape index (κ1) is 23.6. The van der Waals surface area contributed by atoms with Gasteiger partial charge in [-0.2, -0.15) is 0 Å². The Kier molecular flexibility index (Phi) is 5.05. The number of benzene rings is 1. The smallest absolute Gasteiger partial charge is 0.180 e. The van der Waals surface area contributed by atoms with E-state index >= 15 is 0 Å². The van der Waals surface area contributed by atoms with Crippen LogP contribution >= 0.6 is 22.7 Å². The summed E-state index contributed by atoms with van der Waals surface area (Å²) in [5.74, 6) is 2.85. The van der Waals surface area contributed by atoms with E-state index in [0.717, 1.165) is 34.0 Å². The Morgan fingerprint density at radius 2 is 1.19 bits per heavy atom. The molecule has 0 amide bonds. The molecule has 42 heavy (non-hydrogen) atoms. The summed E-state index contributed by atoms with van der Waals surface area (Å²) in [6, 6.07) is 31.0. The van der Waals surface area contributed by atoms with E-state index in [0.29, 0.717) is 17.3 Å². The minimum Gasteiger partial charge on any atom is -0.262 e. The normalized spacial score (nSPS) is 13.9. The Balaban J connectivity index is 1.35. The third kappa shape index (κ3) is 3.16. The molecule has 6 aromatic heterocycles. The second-order valence-corrected chi connectivity index (χ2v) is 12.0. The largest absolute Gasteiger partial charge is 0.262 e. The number of hydrogen-bond donors (Lipinski definition) is 0. The average Bonchev–Trinajstić information content (AvgIpc) is 3.79. The summed E-state index contributed by atoms with van der Waals surface area (Å²) in [4.78, 5) is 29.5. The van der Waals surface area contributed by atoms with Gasteiger partial charge in [-0.25, -0.2) is 19.9 Å². The summed E-state index contributed by atoms with van der Waals surface area (Å²) in [7, 11) is 0. The lowest BCUT2D eigenvalue weighted by molar-refractivity contribution is 0.738. The molecule has 0 saturated carbocycles. The van der Waals surface area contributed by atoms with Crippen LogP contribution in [0.4, 0.5) is 17.5 Å². The monoisotopic (exact) mass is 576 g/mol. The lowest BCUT2D eigenvalue weighted by atomic mass is 9.67. The van der Waals surface area contributed by atoms with Gasteiger partial charge in [-0.3, -0.25) is 9.88 Å². The minimum atomic E-state index is -0.506. The molecule has 9 rings (SSSR count). The van der Waals surface area contributed by atoms with Gasteiger partial charge in [0.2, 0.25) is 0 Å². The third-order valence-electron chi connectivity index (χ3n) is 8.05. The molecule has 1 aliphatic carbocycles. The zero-order valence-corrected chi connectivity index (χ0v) is 23.7. The van der Waals surface area contributed by atoms with E-state index < -0.39 is 5.41 Å². The molecule has 8 heteroatoms. The van der Waals surface area contributed by atoms with Crippen molar-refractivity contribution >= 4 is 40.1 Å². The van der Waals surface area contributed by atoms with Gasteiger partial charge in [-0.05, 0) is 58.3 Å². The number of nitrogens with zero attached hydrogens (tertiary/aromatic N) is 6. The molecular formula is C34H20N6S2. The molecule has 7 aromatic rings. The molecule has 0 fully saturated rings. The van der Waals surface area contributed by atoms with Crippen LogP contribution in [0, 0.1) is 0 Å². The first-order valence-electron chi connectivity index (χ1n) is 13.6. The van der Waals surface area contributed by atoms with Gasteiger partial charge < -0.3 is 0 Å². The highest BCUT2D eigenvalue weighted by Crippen LogP contribution is 2.64. The van der Waals surface area contributed by atoms with E-state index in [1.807, 2.05) is 67.0 Å². The van der Waals surface area contributed by atoms with Crippen LogP contribution in [0.2, 0.25) is 0 Å². The van der Waals surface area contributed by atoms with E-state index in [1.165, 1.54) is 20.9 Å². The van der Waals surface area contributed by atoms with Crippen molar-refractivity contribution in [3.05, 3.63) is 143 Å². The van der Waals surface area contributed by atoms with Crippen molar-refractivity contribution < 1.29 is 0 Å². The van der Waals surface area contributed by atoms with Crippen molar-refractivity contribution in [2.24, 2.45) is 0 Å². The molecule has 7 heterocycles. The highest BCUT2D eigenvalue weighted by atomic mass is 32.1. The molecular weight excluding hydrogens is 557 g/mol. The van der Waals surface area contributed by atoms with E-state index in [4.69, 9.17) is 19.9 Å². The fraction of sp³-hybridized carbons (Fsp3) is 0.0294. The summed E-state index contributed by atoms with van der Waals surface area (Å²) in [5, 5.41) is 4.40. The predicted octanol–water partition coefficient (Wildman–Crippen LogP) is 8.26. The number of pyridine rings is 3. The molecule has 0 unspecified atom stereocenters. The van der Waals surface area contributed by atoms with Crippen molar-refractivity contribution in [3.8, 4) is 32.5 Å². The Hall–Kier alpha value is -5.05. The number of fused-ring (bicyclic) bond motifs is 9. The van der Waals surface area contributed by atoms with E-state index in [2.05, 4.69) is 57.0 Å². The number of aromatic nitrogens is 5. The Labute approximate surface area is 249 Å². The van der Waals surface area contributed by atoms with Crippen molar-refractivity contribution in [3.63, 3.8) is 0 Å². The molecule has 0 N–H and O–H groups in total. The summed E-state index contributed by atoms with van der Waals surface area (Å²) in [6.07, 6.45) is 5.47. The first-order chi connectivity index (χ1) is 20.8. The second kappa shape index (κ2) is 8.97. The van der Waals surface area contributed by atoms with Crippen LogP contribution < -0.4 is 4.90 Å². The predicted molar refractivity (Wildman–Crippen MR) is 168 cm³/mol. The molecule has 0 saturated heterocycles. The number of thiophene rings is 2. The number of anilines is 3. The number of rotatable bonds is 3. The van der Waals surface area contributed by atoms with Crippen LogP contribution in [0.3, 0.4) is 0 Å². The summed E-state index contributed by atoms with van der Waals surface area (Å²) < 4.78 is 0. The van der Waals surface area contributed by atoms with Gasteiger partial charge in [0.1, 0.15) is 23.1 Å². The van der Waals surface area contributed by atoms with Crippen molar-refractivity contribution in [1.82, 2.24) is 24.9 Å². The maximum absolute atomic E-state index is 5.11. The highest BCUT2D eigenvalue weighted by molar-refractivity contribution is 7.21. The second-order valence-electron chi connectivity index (χ2n) is 10.2. The standard InChI is InChI=1S/C34H20N6S2/c1-2-8-21(9-3-1)27-20-28(39-31(38-27)26-12-4-5-15-35-26)40-32-24(10-6-16-36-32)34(25-11-7-17-37-33(25)40)22-13-18-41-29(22)30-23(34)14-19-42-30/h1-20H. The van der Waals surface area contributed by atoms with Crippen LogP contribution in [0.5, 0.6) is 0 Å². The molecule has 6 nitrogen and oxygen atoms in total. The zero-order chi connectivity index (χ0) is 27.7. The van der Waals surface area contributed by atoms with E-state index in [-0.39, 0.29) is 0 Å². The van der Waals surface area contributed by atoms with Gasteiger partial charge in [-0.15, -0.1) is 22.7 Å². The van der Waals surface area contributed by atoms with Crippen LogP contribution in [0.25, 0.3) is 32.5 Å². The maximum Gasteiger partial charge on any atom is 0.180 e. The van der Waals surface area contributed by atoms with Gasteiger partial charge in [0.15, 0.2) is 5.82 Å². The minimum absolute atomic E-state index is 0.506. The fourth-order valence-electron chi connectivity index (χ4n) is 6.40. The van der Waals surface area contributed by atoms with Gasteiger partial charge in [0, 0.05) is 51.1 Å². The number of hydrogen-bond acceptors (Lipinski definition) is 8. The Bertz CT molecular complexity index is 1970. The fourth-order valence-corrected chi connectivity index (χ4v) is 8.50. The SMILES string of the molecule is c1ccc(-c2cc(N3c4ncccc4C4(c5cccnc53)c3ccsc3-c3sccc34)nc(-c3ccccn3)n2)cc1. The topological polar surface area (TPSA) is 67.7 Å². The Morgan fingerprint density at radius 1 is 0.548 bits per heavy atom. The van der Waals surface area contributed by atoms with Gasteiger partial charge in [0.05, 0.1) is 11.1 Å². The third-order valence-corrected chi connectivity index (χ3v) is 10.0. The highest BCUT2D eigenvalue weighted by Gasteiger charge is 2.54. The van der Waals surface area contributed by atoms with E-state index in [1.54, 1.807) is 28.9 Å². The van der Waals surface area contributed by atoms with Gasteiger partial charge in [0.25, 0.3) is 0 Å². The maximum atomic E-state index is 5.11. The molecule has 2 aliphatic rings. The van der Waals surface area contributed by atoms with Gasteiger partial charge >= 0.3 is 0 Å². The van der Waals surface area contributed by atoms with Crippen molar-refractivity contribution in [1.29, 1.82) is 0 Å². The lowest BCUT2D eigenvalue weighted by Crippen LogP contribution is -2.37. The van der Waals surface area contributed by atoms with Gasteiger partial charge in [-0.1, -0.05) is 48.5 Å². The molecule has 1 spiro atoms. The quantitative estimate of drug-likeness (QED) is 0.211. The average molecular weight is 577 g/mol. The van der Waals surface area contributed by atoms with Crippen molar-refractivity contribution in [2.75, 3.05) is 4.90 Å². The molecule has 198 valence electrons.